The van der Waals surface area contributed by atoms with Gasteiger partial charge in [-0.05, 0) is 55.2 Å². The summed E-state index contributed by atoms with van der Waals surface area (Å²) in [6, 6.07) is 15.2. The van der Waals surface area contributed by atoms with Gasteiger partial charge in [0, 0.05) is 18.0 Å². The summed E-state index contributed by atoms with van der Waals surface area (Å²) in [5.74, 6) is 0.0625. The summed E-state index contributed by atoms with van der Waals surface area (Å²) < 4.78 is 10.5. The van der Waals surface area contributed by atoms with Gasteiger partial charge in [-0.3, -0.25) is 9.59 Å². The predicted molar refractivity (Wildman–Crippen MR) is 105 cm³/mol. The van der Waals surface area contributed by atoms with E-state index in [4.69, 9.17) is 21.1 Å². The molecule has 0 unspecified atom stereocenters. The monoisotopic (exact) mass is 389 g/mol. The lowest BCUT2D eigenvalue weighted by atomic mass is 10.1. The summed E-state index contributed by atoms with van der Waals surface area (Å²) in [5.41, 5.74) is 2.19. The molecule has 0 saturated carbocycles. The van der Waals surface area contributed by atoms with E-state index in [2.05, 4.69) is 5.32 Å². The number of aryl methyl sites for hydroxylation is 1. The molecule has 0 spiro atoms. The Morgan fingerprint density at radius 2 is 1.89 bits per heavy atom. The highest BCUT2D eigenvalue weighted by atomic mass is 35.5. The number of hydrogen-bond acceptors (Lipinski definition) is 4. The van der Waals surface area contributed by atoms with E-state index >= 15 is 0 Å². The average molecular weight is 390 g/mol. The number of halogens is 1. The Labute approximate surface area is 164 Å². The van der Waals surface area contributed by atoms with Crippen molar-refractivity contribution in [3.05, 3.63) is 64.7 Å². The van der Waals surface area contributed by atoms with Gasteiger partial charge >= 0.3 is 5.97 Å². The first-order chi connectivity index (χ1) is 13.0. The molecule has 0 aliphatic heterocycles. The molecule has 2 aromatic rings. The van der Waals surface area contributed by atoms with Gasteiger partial charge in [-0.25, -0.2) is 0 Å². The van der Waals surface area contributed by atoms with E-state index in [0.29, 0.717) is 31.0 Å². The molecule has 0 bridgehead atoms. The number of rotatable bonds is 10. The molecule has 5 nitrogen and oxygen atoms in total. The van der Waals surface area contributed by atoms with Crippen molar-refractivity contribution in [2.24, 2.45) is 0 Å². The number of esters is 1. The molecule has 144 valence electrons. The molecule has 0 fully saturated rings. The van der Waals surface area contributed by atoms with Gasteiger partial charge in [0.25, 0.3) is 5.91 Å². The van der Waals surface area contributed by atoms with Crippen LogP contribution >= 0.6 is 11.6 Å². The Hall–Kier alpha value is -2.53. The van der Waals surface area contributed by atoms with Crippen molar-refractivity contribution in [3.63, 3.8) is 0 Å². The van der Waals surface area contributed by atoms with Crippen LogP contribution in [0.3, 0.4) is 0 Å². The maximum absolute atomic E-state index is 11.7. The molecule has 0 aromatic heterocycles. The highest BCUT2D eigenvalue weighted by Gasteiger charge is 2.07. The highest BCUT2D eigenvalue weighted by molar-refractivity contribution is 6.30. The van der Waals surface area contributed by atoms with E-state index in [-0.39, 0.29) is 18.9 Å². The maximum atomic E-state index is 11.7. The molecular formula is C21H24ClNO4. The second-order valence-corrected chi connectivity index (χ2v) is 6.59. The van der Waals surface area contributed by atoms with E-state index < -0.39 is 5.97 Å². The van der Waals surface area contributed by atoms with Gasteiger partial charge in [-0.1, -0.05) is 35.9 Å². The number of carbonyl (C=O) groups excluding carboxylic acids is 2. The Balaban J connectivity index is 1.52. The van der Waals surface area contributed by atoms with E-state index in [1.165, 1.54) is 0 Å². The summed E-state index contributed by atoms with van der Waals surface area (Å²) >= 11 is 5.82. The van der Waals surface area contributed by atoms with Crippen molar-refractivity contribution in [3.8, 4) is 5.75 Å². The number of benzene rings is 2. The Morgan fingerprint density at radius 1 is 1.11 bits per heavy atom. The van der Waals surface area contributed by atoms with Crippen LogP contribution < -0.4 is 10.1 Å². The van der Waals surface area contributed by atoms with Gasteiger partial charge in [0.1, 0.15) is 5.75 Å². The third-order valence-corrected chi connectivity index (χ3v) is 4.05. The molecule has 0 atom stereocenters. The standard InChI is InChI=1S/C21H24ClNO4/c1-16-4-2-5-19(14-16)26-13-3-6-21(25)27-15-20(24)23-12-11-17-7-9-18(22)10-8-17/h2,4-5,7-10,14H,3,6,11-13,15H2,1H3,(H,23,24). The van der Waals surface area contributed by atoms with Crippen molar-refractivity contribution < 1.29 is 19.1 Å². The first kappa shape index (κ1) is 20.8. The van der Waals surface area contributed by atoms with E-state index in [1.807, 2.05) is 55.5 Å². The smallest absolute Gasteiger partial charge is 0.306 e. The SMILES string of the molecule is Cc1cccc(OCCCC(=O)OCC(=O)NCCc2ccc(Cl)cc2)c1. The first-order valence-corrected chi connectivity index (χ1v) is 9.27. The van der Waals surface area contributed by atoms with Crippen molar-refractivity contribution in [1.29, 1.82) is 0 Å². The molecule has 0 aliphatic rings. The van der Waals surface area contributed by atoms with Gasteiger partial charge in [-0.2, -0.15) is 0 Å². The fraction of sp³-hybridized carbons (Fsp3) is 0.333. The zero-order valence-electron chi connectivity index (χ0n) is 15.4. The minimum atomic E-state index is -0.407. The van der Waals surface area contributed by atoms with Crippen molar-refractivity contribution in [1.82, 2.24) is 5.32 Å². The lowest BCUT2D eigenvalue weighted by Gasteiger charge is -2.08. The quantitative estimate of drug-likeness (QED) is 0.497. The Bertz CT molecular complexity index is 746. The van der Waals surface area contributed by atoms with Crippen LogP contribution in [0.4, 0.5) is 0 Å². The lowest BCUT2D eigenvalue weighted by molar-refractivity contribution is -0.148. The van der Waals surface area contributed by atoms with Crippen LogP contribution in [-0.2, 0) is 20.7 Å². The molecule has 0 heterocycles. The van der Waals surface area contributed by atoms with Crippen LogP contribution in [0.1, 0.15) is 24.0 Å². The maximum Gasteiger partial charge on any atom is 0.306 e. The van der Waals surface area contributed by atoms with Gasteiger partial charge in [0.2, 0.25) is 0 Å². The largest absolute Gasteiger partial charge is 0.494 e. The van der Waals surface area contributed by atoms with Gasteiger partial charge < -0.3 is 14.8 Å². The summed E-state index contributed by atoms with van der Waals surface area (Å²) in [5, 5.41) is 3.40. The molecule has 0 aliphatic carbocycles. The van der Waals surface area contributed by atoms with Crippen LogP contribution in [0, 0.1) is 6.92 Å². The van der Waals surface area contributed by atoms with E-state index in [9.17, 15) is 9.59 Å². The molecule has 6 heteroatoms. The molecule has 0 saturated heterocycles. The van der Waals surface area contributed by atoms with Crippen LogP contribution in [0.5, 0.6) is 5.75 Å². The van der Waals surface area contributed by atoms with Crippen LogP contribution in [0.25, 0.3) is 0 Å². The minimum Gasteiger partial charge on any atom is -0.494 e. The fourth-order valence-corrected chi connectivity index (χ4v) is 2.50. The number of carbonyl (C=O) groups is 2. The summed E-state index contributed by atoms with van der Waals surface area (Å²) in [7, 11) is 0. The van der Waals surface area contributed by atoms with Crippen molar-refractivity contribution in [2.75, 3.05) is 19.8 Å². The number of hydrogen-bond donors (Lipinski definition) is 1. The van der Waals surface area contributed by atoms with Crippen LogP contribution in [-0.4, -0.2) is 31.6 Å². The van der Waals surface area contributed by atoms with Gasteiger partial charge in [0.05, 0.1) is 6.61 Å². The number of ether oxygens (including phenoxy) is 2. The summed E-state index contributed by atoms with van der Waals surface area (Å²) in [6.07, 6.45) is 1.43. The van der Waals surface area contributed by atoms with Crippen molar-refractivity contribution >= 4 is 23.5 Å². The average Bonchev–Trinajstić information content (AvgIpc) is 2.65. The first-order valence-electron chi connectivity index (χ1n) is 8.89. The minimum absolute atomic E-state index is 0.212. The lowest BCUT2D eigenvalue weighted by Crippen LogP contribution is -2.30. The Kier molecular flexibility index (Phi) is 8.65. The second kappa shape index (κ2) is 11.2. The molecule has 1 amide bonds. The zero-order chi connectivity index (χ0) is 19.5. The van der Waals surface area contributed by atoms with E-state index in [0.717, 1.165) is 16.9 Å². The zero-order valence-corrected chi connectivity index (χ0v) is 16.1. The van der Waals surface area contributed by atoms with Crippen LogP contribution in [0.15, 0.2) is 48.5 Å². The normalized spacial score (nSPS) is 10.3. The summed E-state index contributed by atoms with van der Waals surface area (Å²) in [6.45, 7) is 2.62. The molecule has 27 heavy (non-hydrogen) atoms. The third kappa shape index (κ3) is 8.60. The molecule has 2 aromatic carbocycles. The fourth-order valence-electron chi connectivity index (χ4n) is 2.38. The van der Waals surface area contributed by atoms with Gasteiger partial charge in [-0.15, -0.1) is 0 Å². The van der Waals surface area contributed by atoms with Gasteiger partial charge in [0.15, 0.2) is 6.61 Å². The molecular weight excluding hydrogens is 366 g/mol. The number of nitrogens with one attached hydrogen (secondary N) is 1. The molecule has 2 rings (SSSR count). The summed E-state index contributed by atoms with van der Waals surface area (Å²) in [4.78, 5) is 23.4. The predicted octanol–water partition coefficient (Wildman–Crippen LogP) is 3.71. The topological polar surface area (TPSA) is 64.6 Å². The second-order valence-electron chi connectivity index (χ2n) is 6.16. The highest BCUT2D eigenvalue weighted by Crippen LogP contribution is 2.13. The molecule has 1 N–H and O–H groups in total. The third-order valence-electron chi connectivity index (χ3n) is 3.80. The molecule has 0 radical (unpaired) electrons. The number of amides is 1. The van der Waals surface area contributed by atoms with Crippen molar-refractivity contribution in [2.45, 2.75) is 26.2 Å². The Morgan fingerprint density at radius 3 is 2.63 bits per heavy atom. The van der Waals surface area contributed by atoms with Crippen LogP contribution in [0.2, 0.25) is 5.02 Å². The van der Waals surface area contributed by atoms with E-state index in [1.54, 1.807) is 0 Å².